The van der Waals surface area contributed by atoms with Crippen LogP contribution in [0, 0.1) is 10.1 Å². The third-order valence-corrected chi connectivity index (χ3v) is 3.08. The highest BCUT2D eigenvalue weighted by Crippen LogP contribution is 2.16. The van der Waals surface area contributed by atoms with Gasteiger partial charge in [0.15, 0.2) is 5.69 Å². The number of alkyl halides is 1. The number of benzene rings is 1. The molecule has 0 fully saturated rings. The molecule has 7 heteroatoms. The predicted molar refractivity (Wildman–Crippen MR) is 74.8 cm³/mol. The van der Waals surface area contributed by atoms with Gasteiger partial charge in [0.25, 0.3) is 5.91 Å². The quantitative estimate of drug-likeness (QED) is 0.504. The van der Waals surface area contributed by atoms with Crippen LogP contribution in [0.2, 0.25) is 0 Å². The smallest absolute Gasteiger partial charge is 0.321 e. The number of hydrogen-bond acceptors (Lipinski definition) is 3. The minimum Gasteiger partial charge on any atom is -0.358 e. The lowest BCUT2D eigenvalue weighted by Crippen LogP contribution is -2.29. The summed E-state index contributed by atoms with van der Waals surface area (Å²) in [7, 11) is 0. The van der Waals surface area contributed by atoms with E-state index in [1.807, 2.05) is 30.3 Å². The number of hydrogen-bond donors (Lipinski definition) is 2. The van der Waals surface area contributed by atoms with Gasteiger partial charge >= 0.3 is 5.82 Å². The van der Waals surface area contributed by atoms with Gasteiger partial charge in [0.05, 0.1) is 6.04 Å². The van der Waals surface area contributed by atoms with Gasteiger partial charge in [0.1, 0.15) is 0 Å². The van der Waals surface area contributed by atoms with Crippen molar-refractivity contribution in [2.24, 2.45) is 0 Å². The topological polar surface area (TPSA) is 88.0 Å². The Balaban J connectivity index is 2.11. The Morgan fingerprint density at radius 2 is 2.00 bits per heavy atom. The average molecular weight is 294 g/mol. The molecule has 0 radical (unpaired) electrons. The van der Waals surface area contributed by atoms with E-state index in [9.17, 15) is 14.9 Å². The van der Waals surface area contributed by atoms with Crippen LogP contribution in [-0.4, -0.2) is 21.7 Å². The zero-order valence-corrected chi connectivity index (χ0v) is 11.1. The average Bonchev–Trinajstić information content (AvgIpc) is 2.95. The number of carbonyl (C=O) groups is 1. The Kier molecular flexibility index (Phi) is 4.37. The fourth-order valence-corrected chi connectivity index (χ4v) is 2.01. The number of rotatable bonds is 5. The lowest BCUT2D eigenvalue weighted by Gasteiger charge is -2.15. The molecule has 104 valence electrons. The van der Waals surface area contributed by atoms with E-state index in [2.05, 4.69) is 10.3 Å². The Hall–Kier alpha value is -2.34. The van der Waals surface area contributed by atoms with Crippen LogP contribution in [0.15, 0.2) is 42.5 Å². The zero-order chi connectivity index (χ0) is 14.5. The molecule has 1 heterocycles. The number of carbonyl (C=O) groups excluding carboxylic acids is 1. The molecule has 2 rings (SSSR count). The molecule has 1 unspecified atom stereocenters. The summed E-state index contributed by atoms with van der Waals surface area (Å²) in [6, 6.07) is 11.5. The van der Waals surface area contributed by atoms with Crippen molar-refractivity contribution >= 4 is 23.3 Å². The van der Waals surface area contributed by atoms with Crippen molar-refractivity contribution in [3.05, 3.63) is 63.8 Å². The summed E-state index contributed by atoms with van der Waals surface area (Å²) in [5.74, 6) is -0.455. The molecule has 0 aliphatic heterocycles. The summed E-state index contributed by atoms with van der Waals surface area (Å²) < 4.78 is 0. The minimum absolute atomic E-state index is 0.128. The van der Waals surface area contributed by atoms with E-state index < -0.39 is 10.8 Å². The van der Waals surface area contributed by atoms with E-state index in [4.69, 9.17) is 11.6 Å². The molecule has 1 atom stereocenters. The van der Waals surface area contributed by atoms with Gasteiger partial charge in [0.2, 0.25) is 0 Å². The van der Waals surface area contributed by atoms with Crippen molar-refractivity contribution in [2.75, 3.05) is 5.88 Å². The summed E-state index contributed by atoms with van der Waals surface area (Å²) in [6.45, 7) is 0. The van der Waals surface area contributed by atoms with Crippen LogP contribution in [0.25, 0.3) is 0 Å². The van der Waals surface area contributed by atoms with Crippen molar-refractivity contribution in [1.29, 1.82) is 0 Å². The van der Waals surface area contributed by atoms with E-state index in [0.29, 0.717) is 0 Å². The first-order valence-electron chi connectivity index (χ1n) is 5.87. The molecule has 2 N–H and O–H groups in total. The number of aromatic amines is 1. The van der Waals surface area contributed by atoms with Crippen molar-refractivity contribution in [2.45, 2.75) is 6.04 Å². The molecule has 20 heavy (non-hydrogen) atoms. The van der Waals surface area contributed by atoms with Crippen LogP contribution in [0.1, 0.15) is 22.1 Å². The number of aromatic nitrogens is 1. The summed E-state index contributed by atoms with van der Waals surface area (Å²) in [4.78, 5) is 24.4. The third kappa shape index (κ3) is 3.16. The van der Waals surface area contributed by atoms with Crippen LogP contribution < -0.4 is 5.32 Å². The molecule has 2 aromatic rings. The first-order valence-corrected chi connectivity index (χ1v) is 6.40. The maximum atomic E-state index is 12.0. The number of nitro groups is 1. The SMILES string of the molecule is O=C(NC(CCl)c1ccccc1)c1ccc([N+](=O)[O-])[nH]1. The van der Waals surface area contributed by atoms with Crippen LogP contribution in [0.5, 0.6) is 0 Å². The van der Waals surface area contributed by atoms with E-state index in [1.54, 1.807) is 0 Å². The summed E-state index contributed by atoms with van der Waals surface area (Å²) in [5, 5.41) is 13.3. The first-order chi connectivity index (χ1) is 9.61. The second-order valence-corrected chi connectivity index (χ2v) is 4.41. The Morgan fingerprint density at radius 1 is 1.30 bits per heavy atom. The number of halogens is 1. The molecule has 0 aliphatic rings. The standard InChI is InChI=1S/C13H12ClN3O3/c14-8-11(9-4-2-1-3-5-9)16-13(18)10-6-7-12(15-10)17(19)20/h1-7,11,15H,8H2,(H,16,18). The summed E-state index contributed by atoms with van der Waals surface area (Å²) >= 11 is 5.86. The Bertz CT molecular complexity index is 612. The van der Waals surface area contributed by atoms with E-state index in [0.717, 1.165) is 5.56 Å². The number of amides is 1. The van der Waals surface area contributed by atoms with Crippen LogP contribution in [0.3, 0.4) is 0 Å². The fraction of sp³-hybridized carbons (Fsp3) is 0.154. The van der Waals surface area contributed by atoms with Crippen molar-refractivity contribution in [3.8, 4) is 0 Å². The fourth-order valence-electron chi connectivity index (χ4n) is 1.75. The largest absolute Gasteiger partial charge is 0.358 e. The van der Waals surface area contributed by atoms with Crippen molar-refractivity contribution < 1.29 is 9.72 Å². The molecule has 1 aromatic carbocycles. The van der Waals surface area contributed by atoms with Gasteiger partial charge in [-0.2, -0.15) is 0 Å². The number of H-pyrrole nitrogens is 1. The highest BCUT2D eigenvalue weighted by molar-refractivity contribution is 6.18. The highest BCUT2D eigenvalue weighted by Gasteiger charge is 2.19. The van der Waals surface area contributed by atoms with Gasteiger partial charge < -0.3 is 15.4 Å². The maximum Gasteiger partial charge on any atom is 0.321 e. The normalized spacial score (nSPS) is 11.8. The van der Waals surface area contributed by atoms with Gasteiger partial charge in [-0.15, -0.1) is 11.6 Å². The molecule has 0 saturated heterocycles. The maximum absolute atomic E-state index is 12.0. The Morgan fingerprint density at radius 3 is 2.55 bits per heavy atom. The van der Waals surface area contributed by atoms with Crippen molar-refractivity contribution in [3.63, 3.8) is 0 Å². The molecule has 0 saturated carbocycles. The molecule has 0 aliphatic carbocycles. The van der Waals surface area contributed by atoms with E-state index in [1.165, 1.54) is 12.1 Å². The minimum atomic E-state index is -0.590. The highest BCUT2D eigenvalue weighted by atomic mass is 35.5. The second-order valence-electron chi connectivity index (χ2n) is 4.11. The third-order valence-electron chi connectivity index (χ3n) is 2.77. The van der Waals surface area contributed by atoms with Gasteiger partial charge in [-0.05, 0) is 16.6 Å². The van der Waals surface area contributed by atoms with E-state index >= 15 is 0 Å². The van der Waals surface area contributed by atoms with E-state index in [-0.39, 0.29) is 23.4 Å². The van der Waals surface area contributed by atoms with Gasteiger partial charge in [-0.25, -0.2) is 4.98 Å². The lowest BCUT2D eigenvalue weighted by atomic mass is 10.1. The molecule has 0 bridgehead atoms. The molecular weight excluding hydrogens is 282 g/mol. The summed E-state index contributed by atoms with van der Waals surface area (Å²) in [5.41, 5.74) is 1.000. The first kappa shape index (κ1) is 14.1. The molecular formula is C13H12ClN3O3. The predicted octanol–water partition coefficient (Wildman–Crippen LogP) is 2.63. The number of nitrogens with zero attached hydrogens (tertiary/aromatic N) is 1. The van der Waals surface area contributed by atoms with Crippen LogP contribution >= 0.6 is 11.6 Å². The van der Waals surface area contributed by atoms with Gasteiger partial charge in [-0.3, -0.25) is 4.79 Å². The van der Waals surface area contributed by atoms with Crippen LogP contribution in [0.4, 0.5) is 5.82 Å². The van der Waals surface area contributed by atoms with Gasteiger partial charge in [0, 0.05) is 11.9 Å². The van der Waals surface area contributed by atoms with Crippen LogP contribution in [-0.2, 0) is 0 Å². The van der Waals surface area contributed by atoms with Crippen molar-refractivity contribution in [1.82, 2.24) is 10.3 Å². The second kappa shape index (κ2) is 6.21. The monoisotopic (exact) mass is 293 g/mol. The molecule has 6 nitrogen and oxygen atoms in total. The summed E-state index contributed by atoms with van der Waals surface area (Å²) in [6.07, 6.45) is 0. The number of nitrogens with one attached hydrogen (secondary N) is 2. The Labute approximate surface area is 119 Å². The molecule has 1 amide bonds. The lowest BCUT2D eigenvalue weighted by molar-refractivity contribution is -0.389. The zero-order valence-electron chi connectivity index (χ0n) is 10.4. The van der Waals surface area contributed by atoms with Gasteiger partial charge in [-0.1, -0.05) is 30.3 Å². The molecule has 0 spiro atoms. The molecule has 1 aromatic heterocycles.